The lowest BCUT2D eigenvalue weighted by Gasteiger charge is -2.39. The average Bonchev–Trinajstić information content (AvgIpc) is 3.67. The monoisotopic (exact) mass is 708 g/mol. The fraction of sp³-hybridized carbons (Fsp3) is 0.472. The van der Waals surface area contributed by atoms with Crippen LogP contribution in [-0.4, -0.2) is 92.3 Å². The normalized spacial score (nSPS) is 26.8. The molecule has 46 heavy (non-hydrogen) atoms. The summed E-state index contributed by atoms with van der Waals surface area (Å²) < 4.78 is -0.829. The minimum absolute atomic E-state index is 0.0568. The van der Waals surface area contributed by atoms with Gasteiger partial charge in [-0.15, -0.1) is 24.9 Å². The Balaban J connectivity index is 1.54. The maximum absolute atomic E-state index is 14.9. The second-order valence-electron chi connectivity index (χ2n) is 12.4. The van der Waals surface area contributed by atoms with Gasteiger partial charge in [0.2, 0.25) is 11.8 Å². The molecule has 3 heterocycles. The lowest BCUT2D eigenvalue weighted by molar-refractivity contribution is -0.145. The zero-order chi connectivity index (χ0) is 33.2. The van der Waals surface area contributed by atoms with Crippen molar-refractivity contribution in [2.45, 2.75) is 60.6 Å². The second kappa shape index (κ2) is 14.4. The molecule has 3 amide bonds. The predicted octanol–water partition coefficient (Wildman–Crippen LogP) is 5.11. The van der Waals surface area contributed by atoms with Gasteiger partial charge in [-0.2, -0.15) is 0 Å². The van der Waals surface area contributed by atoms with Crippen molar-refractivity contribution in [2.24, 2.45) is 11.8 Å². The smallest absolute Gasteiger partial charge is 0.251 e. The minimum atomic E-state index is -0.857. The summed E-state index contributed by atoms with van der Waals surface area (Å²) in [6.45, 7) is 16.3. The number of rotatable bonds is 14. The first-order valence-corrected chi connectivity index (χ1v) is 17.9. The number of carbonyl (C=O) groups is 3. The molecule has 246 valence electrons. The van der Waals surface area contributed by atoms with E-state index in [2.05, 4.69) is 47.8 Å². The molecule has 1 spiro atoms. The van der Waals surface area contributed by atoms with E-state index in [0.29, 0.717) is 25.2 Å². The van der Waals surface area contributed by atoms with Gasteiger partial charge in [0.25, 0.3) is 5.91 Å². The molecule has 0 saturated carbocycles. The molecule has 3 aliphatic heterocycles. The molecule has 3 fully saturated rings. The van der Waals surface area contributed by atoms with Crippen molar-refractivity contribution in [3.8, 4) is 0 Å². The number of aliphatic hydroxyl groups is 1. The highest BCUT2D eigenvalue weighted by Crippen LogP contribution is 2.68. The molecule has 3 saturated heterocycles. The van der Waals surface area contributed by atoms with Gasteiger partial charge < -0.3 is 24.7 Å². The highest BCUT2D eigenvalue weighted by molar-refractivity contribution is 9.09. The Morgan fingerprint density at radius 1 is 1.04 bits per heavy atom. The van der Waals surface area contributed by atoms with Gasteiger partial charge >= 0.3 is 0 Å². The highest BCUT2D eigenvalue weighted by Gasteiger charge is 2.76. The Morgan fingerprint density at radius 2 is 1.67 bits per heavy atom. The maximum Gasteiger partial charge on any atom is 0.251 e. The number of carbonyl (C=O) groups excluding carboxylic acids is 3. The molecule has 0 radical (unpaired) electrons. The third-order valence-electron chi connectivity index (χ3n) is 9.73. The number of likely N-dealkylation sites (tertiary alicyclic amines) is 1. The van der Waals surface area contributed by atoms with Crippen LogP contribution < -0.4 is 9.80 Å². The first kappa shape index (κ1) is 34.3. The lowest BCUT2D eigenvalue weighted by atomic mass is 9.70. The molecule has 8 nitrogen and oxygen atoms in total. The van der Waals surface area contributed by atoms with E-state index in [-0.39, 0.29) is 41.0 Å². The van der Waals surface area contributed by atoms with E-state index in [1.165, 1.54) is 0 Å². The highest BCUT2D eigenvalue weighted by atomic mass is 79.9. The summed E-state index contributed by atoms with van der Waals surface area (Å²) in [7, 11) is 0. The van der Waals surface area contributed by atoms with Crippen LogP contribution in [0.5, 0.6) is 0 Å². The number of hydrogen-bond acceptors (Lipinski definition) is 6. The topological polar surface area (TPSA) is 84.4 Å². The van der Waals surface area contributed by atoms with Crippen LogP contribution in [0.25, 0.3) is 0 Å². The first-order chi connectivity index (χ1) is 22.2. The molecule has 3 unspecified atom stereocenters. The summed E-state index contributed by atoms with van der Waals surface area (Å²) in [5.41, 5.74) is 2.77. The Kier molecular flexibility index (Phi) is 10.7. The Bertz CT molecular complexity index is 1440. The van der Waals surface area contributed by atoms with Crippen molar-refractivity contribution in [1.29, 1.82) is 0 Å². The van der Waals surface area contributed by atoms with Gasteiger partial charge in [0.15, 0.2) is 0 Å². The van der Waals surface area contributed by atoms with E-state index < -0.39 is 28.7 Å². The number of aliphatic hydroxyl groups excluding tert-OH is 1. The molecule has 10 heteroatoms. The van der Waals surface area contributed by atoms with Crippen LogP contribution in [-0.2, 0) is 20.9 Å². The van der Waals surface area contributed by atoms with Crippen LogP contribution in [0.4, 0.5) is 11.4 Å². The van der Waals surface area contributed by atoms with Crippen molar-refractivity contribution in [2.75, 3.05) is 42.6 Å². The number of benzene rings is 2. The van der Waals surface area contributed by atoms with Gasteiger partial charge in [-0.1, -0.05) is 58.4 Å². The largest absolute Gasteiger partial charge is 0.394 e. The van der Waals surface area contributed by atoms with E-state index in [4.69, 9.17) is 0 Å². The Morgan fingerprint density at radius 3 is 2.26 bits per heavy atom. The number of halogens is 1. The number of amides is 3. The fourth-order valence-corrected chi connectivity index (χ4v) is 11.2. The molecular weight excluding hydrogens is 664 g/mol. The SMILES string of the molecule is C=CCN(Cc1ccccc1)C(=O)[C@H]1[C@@H]2SC3(CC2Br)C(C(=O)N(CC=C)c2ccc(N(CC)CC)cc2)N([C@H](C)CO)C(=O)[C@H]13. The Hall–Kier alpha value is -3.08. The van der Waals surface area contributed by atoms with E-state index in [9.17, 15) is 19.5 Å². The van der Waals surface area contributed by atoms with Crippen molar-refractivity contribution in [3.05, 3.63) is 85.5 Å². The molecule has 1 N–H and O–H groups in total. The van der Waals surface area contributed by atoms with Crippen molar-refractivity contribution < 1.29 is 19.5 Å². The van der Waals surface area contributed by atoms with Gasteiger partial charge in [0.1, 0.15) is 6.04 Å². The van der Waals surface area contributed by atoms with Gasteiger partial charge in [-0.05, 0) is 57.0 Å². The van der Waals surface area contributed by atoms with E-state index in [1.54, 1.807) is 45.5 Å². The zero-order valence-electron chi connectivity index (χ0n) is 26.9. The van der Waals surface area contributed by atoms with Crippen LogP contribution in [0.2, 0.25) is 0 Å². The van der Waals surface area contributed by atoms with Crippen molar-refractivity contribution in [3.63, 3.8) is 0 Å². The number of anilines is 2. The quantitative estimate of drug-likeness (QED) is 0.217. The third-order valence-corrected chi connectivity index (χ3v) is 13.0. The molecule has 2 aromatic carbocycles. The number of alkyl halides is 1. The average molecular weight is 710 g/mol. The molecular formula is C36H45BrN4O4S. The van der Waals surface area contributed by atoms with E-state index in [1.807, 2.05) is 54.6 Å². The van der Waals surface area contributed by atoms with Crippen LogP contribution in [0.3, 0.4) is 0 Å². The number of thioether (sulfide) groups is 1. The summed E-state index contributed by atoms with van der Waals surface area (Å²) in [5.74, 6) is -1.87. The summed E-state index contributed by atoms with van der Waals surface area (Å²) in [5, 5.41) is 10.2. The standard InChI is InChI=1S/C36H45BrN4O4S/c1-6-19-39(22-25-13-11-10-12-14-25)33(43)29-30-34(44)41(24(5)23-42)32(36(30)21-28(37)31(29)46-36)35(45)40(20-7-2)27-17-15-26(16-18-27)38(8-3)9-4/h6-7,10-18,24,28-32,42H,1-2,8-9,19-23H2,3-5H3/t24-,28?,29-,30+,31-,32?,36?/m1/s1. The van der Waals surface area contributed by atoms with Gasteiger partial charge in [0, 0.05) is 54.2 Å². The van der Waals surface area contributed by atoms with Gasteiger partial charge in [0.05, 0.1) is 29.2 Å². The summed E-state index contributed by atoms with van der Waals surface area (Å²) in [6.07, 6.45) is 3.97. The third kappa shape index (κ3) is 5.92. The number of fused-ring (bicyclic) bond motifs is 1. The predicted molar refractivity (Wildman–Crippen MR) is 190 cm³/mol. The zero-order valence-corrected chi connectivity index (χ0v) is 29.3. The van der Waals surface area contributed by atoms with Crippen LogP contribution in [0.1, 0.15) is 32.8 Å². The number of hydrogen-bond donors (Lipinski definition) is 1. The second-order valence-corrected chi connectivity index (χ2v) is 15.1. The van der Waals surface area contributed by atoms with Crippen LogP contribution in [0, 0.1) is 11.8 Å². The molecule has 2 bridgehead atoms. The van der Waals surface area contributed by atoms with E-state index >= 15 is 0 Å². The summed E-state index contributed by atoms with van der Waals surface area (Å²) in [4.78, 5) is 51.1. The molecule has 0 aliphatic carbocycles. The molecule has 7 atom stereocenters. The van der Waals surface area contributed by atoms with E-state index in [0.717, 1.165) is 24.3 Å². The molecule has 5 rings (SSSR count). The first-order valence-electron chi connectivity index (χ1n) is 16.1. The van der Waals surface area contributed by atoms with Crippen LogP contribution >= 0.6 is 27.7 Å². The van der Waals surface area contributed by atoms with Gasteiger partial charge in [-0.25, -0.2) is 0 Å². The molecule has 0 aromatic heterocycles. The van der Waals surface area contributed by atoms with Crippen molar-refractivity contribution >= 4 is 56.8 Å². The van der Waals surface area contributed by atoms with Gasteiger partial charge in [-0.3, -0.25) is 14.4 Å². The minimum Gasteiger partial charge on any atom is -0.394 e. The Labute approximate surface area is 285 Å². The molecule has 3 aliphatic rings. The fourth-order valence-electron chi connectivity index (χ4n) is 7.63. The van der Waals surface area contributed by atoms with Crippen LogP contribution in [0.15, 0.2) is 79.9 Å². The summed E-state index contributed by atoms with van der Waals surface area (Å²) >= 11 is 5.48. The lowest BCUT2D eigenvalue weighted by Crippen LogP contribution is -2.57. The van der Waals surface area contributed by atoms with Crippen molar-refractivity contribution in [1.82, 2.24) is 9.80 Å². The number of nitrogens with zero attached hydrogens (tertiary/aromatic N) is 4. The maximum atomic E-state index is 14.9. The summed E-state index contributed by atoms with van der Waals surface area (Å²) in [6, 6.07) is 16.2. The molecule has 2 aromatic rings.